The molecule has 0 aromatic rings. The lowest BCUT2D eigenvalue weighted by atomic mass is 10.4. The number of hydrogen-bond donors (Lipinski definition) is 1. The Morgan fingerprint density at radius 2 is 2.50 bits per heavy atom. The predicted molar refractivity (Wildman–Crippen MR) is 36.3 cm³/mol. The Balaban J connectivity index is 2.41. The number of hydrazine groups is 1. The zero-order valence-electron chi connectivity index (χ0n) is 5.83. The summed E-state index contributed by atoms with van der Waals surface area (Å²) in [4.78, 5) is 10.8. The number of carbonyl (C=O) groups excluding carboxylic acids is 1. The molecule has 0 fully saturated rings. The van der Waals surface area contributed by atoms with Crippen molar-refractivity contribution in [3.05, 3.63) is 12.2 Å². The van der Waals surface area contributed by atoms with Gasteiger partial charge in [-0.2, -0.15) is 0 Å². The molecule has 0 aliphatic carbocycles. The van der Waals surface area contributed by atoms with E-state index in [1.165, 1.54) is 12.1 Å². The van der Waals surface area contributed by atoms with Crippen LogP contribution >= 0.6 is 0 Å². The van der Waals surface area contributed by atoms with E-state index >= 15 is 0 Å². The molecule has 10 heavy (non-hydrogen) atoms. The van der Waals surface area contributed by atoms with Gasteiger partial charge < -0.3 is 4.74 Å². The van der Waals surface area contributed by atoms with Crippen molar-refractivity contribution in [2.75, 3.05) is 20.2 Å². The average Bonchev–Trinajstić information content (AvgIpc) is 2.05. The first-order chi connectivity index (χ1) is 4.84. The quantitative estimate of drug-likeness (QED) is 0.489. The summed E-state index contributed by atoms with van der Waals surface area (Å²) >= 11 is 0. The van der Waals surface area contributed by atoms with Crippen molar-refractivity contribution < 1.29 is 9.53 Å². The molecule has 0 spiro atoms. The lowest BCUT2D eigenvalue weighted by Crippen LogP contribution is -2.44. The van der Waals surface area contributed by atoms with E-state index in [0.717, 1.165) is 0 Å². The molecule has 0 unspecified atom stereocenters. The van der Waals surface area contributed by atoms with Crippen LogP contribution in [0.1, 0.15) is 0 Å². The third kappa shape index (κ3) is 1.48. The van der Waals surface area contributed by atoms with E-state index in [4.69, 9.17) is 0 Å². The van der Waals surface area contributed by atoms with Crippen LogP contribution in [0.15, 0.2) is 12.2 Å². The number of nitrogens with zero attached hydrogens (tertiary/aromatic N) is 1. The summed E-state index contributed by atoms with van der Waals surface area (Å²) in [7, 11) is 1.36. The van der Waals surface area contributed by atoms with Gasteiger partial charge in [-0.15, -0.1) is 0 Å². The van der Waals surface area contributed by atoms with Crippen molar-refractivity contribution in [2.24, 2.45) is 0 Å². The average molecular weight is 142 g/mol. The normalized spacial score (nSPS) is 17.1. The lowest BCUT2D eigenvalue weighted by Gasteiger charge is -2.22. The van der Waals surface area contributed by atoms with Gasteiger partial charge >= 0.3 is 6.09 Å². The highest BCUT2D eigenvalue weighted by Gasteiger charge is 2.11. The maximum Gasteiger partial charge on any atom is 0.424 e. The first kappa shape index (κ1) is 7.08. The highest BCUT2D eigenvalue weighted by atomic mass is 16.5. The van der Waals surface area contributed by atoms with E-state index < -0.39 is 0 Å². The molecule has 0 aromatic heterocycles. The zero-order valence-corrected chi connectivity index (χ0v) is 5.83. The lowest BCUT2D eigenvalue weighted by molar-refractivity contribution is 0.107. The van der Waals surface area contributed by atoms with Crippen LogP contribution in [0.4, 0.5) is 4.79 Å². The van der Waals surface area contributed by atoms with Gasteiger partial charge in [0.05, 0.1) is 13.7 Å². The number of methoxy groups -OCH3 is 1. The van der Waals surface area contributed by atoms with Crippen molar-refractivity contribution in [1.82, 2.24) is 10.4 Å². The third-order valence-electron chi connectivity index (χ3n) is 1.25. The SMILES string of the molecule is COC(=O)N1CC=CCN1. The van der Waals surface area contributed by atoms with Crippen LogP contribution in [-0.4, -0.2) is 31.3 Å². The Bertz CT molecular complexity index is 156. The van der Waals surface area contributed by atoms with Crippen molar-refractivity contribution in [3.8, 4) is 0 Å². The van der Waals surface area contributed by atoms with Crippen LogP contribution < -0.4 is 5.43 Å². The second kappa shape index (κ2) is 3.22. The summed E-state index contributed by atoms with van der Waals surface area (Å²) in [5.41, 5.74) is 2.84. The fourth-order valence-corrected chi connectivity index (χ4v) is 0.740. The van der Waals surface area contributed by atoms with Crippen LogP contribution in [-0.2, 0) is 4.74 Å². The zero-order chi connectivity index (χ0) is 7.40. The molecule has 4 heteroatoms. The van der Waals surface area contributed by atoms with Gasteiger partial charge in [0, 0.05) is 6.54 Å². The molecule has 1 aliphatic heterocycles. The van der Waals surface area contributed by atoms with Crippen molar-refractivity contribution >= 4 is 6.09 Å². The minimum absolute atomic E-state index is 0.343. The van der Waals surface area contributed by atoms with E-state index in [2.05, 4.69) is 10.2 Å². The Morgan fingerprint density at radius 1 is 1.70 bits per heavy atom. The number of rotatable bonds is 0. The van der Waals surface area contributed by atoms with Gasteiger partial charge in [0.1, 0.15) is 0 Å². The molecule has 0 radical (unpaired) electrons. The van der Waals surface area contributed by atoms with E-state index in [-0.39, 0.29) is 6.09 Å². The highest BCUT2D eigenvalue weighted by molar-refractivity contribution is 5.67. The summed E-state index contributed by atoms with van der Waals surface area (Å²) in [5, 5.41) is 1.42. The summed E-state index contributed by atoms with van der Waals surface area (Å²) in [6, 6.07) is 0. The number of amides is 1. The summed E-state index contributed by atoms with van der Waals surface area (Å²) in [5.74, 6) is 0. The maximum atomic E-state index is 10.8. The minimum atomic E-state index is -0.343. The van der Waals surface area contributed by atoms with Crippen LogP contribution in [0.25, 0.3) is 0 Å². The summed E-state index contributed by atoms with van der Waals surface area (Å²) in [6.07, 6.45) is 3.52. The van der Waals surface area contributed by atoms with Gasteiger partial charge in [-0.3, -0.25) is 0 Å². The summed E-state index contributed by atoms with van der Waals surface area (Å²) < 4.78 is 4.48. The Hall–Kier alpha value is -1.03. The molecule has 1 aliphatic rings. The topological polar surface area (TPSA) is 41.6 Å². The van der Waals surface area contributed by atoms with Gasteiger partial charge in [0.15, 0.2) is 0 Å². The van der Waals surface area contributed by atoms with Crippen molar-refractivity contribution in [2.45, 2.75) is 0 Å². The van der Waals surface area contributed by atoms with Gasteiger partial charge in [0.2, 0.25) is 0 Å². The Kier molecular flexibility index (Phi) is 2.28. The molecular formula is C6H10N2O2. The fourth-order valence-electron chi connectivity index (χ4n) is 0.740. The summed E-state index contributed by atoms with van der Waals surface area (Å²) in [6.45, 7) is 1.27. The van der Waals surface area contributed by atoms with Gasteiger partial charge in [-0.25, -0.2) is 15.2 Å². The number of nitrogens with one attached hydrogen (secondary N) is 1. The molecule has 1 N–H and O–H groups in total. The molecule has 1 heterocycles. The van der Waals surface area contributed by atoms with E-state index in [1.807, 2.05) is 12.2 Å². The van der Waals surface area contributed by atoms with Crippen LogP contribution in [0.2, 0.25) is 0 Å². The van der Waals surface area contributed by atoms with E-state index in [9.17, 15) is 4.79 Å². The van der Waals surface area contributed by atoms with Crippen LogP contribution in [0, 0.1) is 0 Å². The maximum absolute atomic E-state index is 10.8. The van der Waals surface area contributed by atoms with Crippen LogP contribution in [0.3, 0.4) is 0 Å². The third-order valence-corrected chi connectivity index (χ3v) is 1.25. The molecule has 0 saturated carbocycles. The largest absolute Gasteiger partial charge is 0.452 e. The van der Waals surface area contributed by atoms with E-state index in [0.29, 0.717) is 13.1 Å². The predicted octanol–water partition coefficient (Wildman–Crippen LogP) is 0.129. The standard InChI is InChI=1S/C6H10N2O2/c1-10-6(9)8-5-3-2-4-7-8/h2-3,7H,4-5H2,1H3. The molecule has 1 rings (SSSR count). The Morgan fingerprint density at radius 3 is 3.00 bits per heavy atom. The smallest absolute Gasteiger partial charge is 0.424 e. The second-order valence-electron chi connectivity index (χ2n) is 1.91. The number of carbonyl (C=O) groups is 1. The number of ether oxygens (including phenoxy) is 1. The van der Waals surface area contributed by atoms with Crippen molar-refractivity contribution in [3.63, 3.8) is 0 Å². The second-order valence-corrected chi connectivity index (χ2v) is 1.91. The fraction of sp³-hybridized carbons (Fsp3) is 0.500. The van der Waals surface area contributed by atoms with Crippen molar-refractivity contribution in [1.29, 1.82) is 0 Å². The molecular weight excluding hydrogens is 132 g/mol. The molecule has 4 nitrogen and oxygen atoms in total. The van der Waals surface area contributed by atoms with E-state index in [1.54, 1.807) is 0 Å². The molecule has 0 bridgehead atoms. The van der Waals surface area contributed by atoms with Gasteiger partial charge in [-0.1, -0.05) is 12.2 Å². The molecule has 56 valence electrons. The molecule has 0 aromatic carbocycles. The van der Waals surface area contributed by atoms with Gasteiger partial charge in [-0.05, 0) is 0 Å². The first-order valence-corrected chi connectivity index (χ1v) is 3.08. The monoisotopic (exact) mass is 142 g/mol. The Labute approximate surface area is 59.4 Å². The minimum Gasteiger partial charge on any atom is -0.452 e. The van der Waals surface area contributed by atoms with Crippen LogP contribution in [0.5, 0.6) is 0 Å². The molecule has 0 atom stereocenters. The first-order valence-electron chi connectivity index (χ1n) is 3.08. The molecule has 1 amide bonds. The highest BCUT2D eigenvalue weighted by Crippen LogP contribution is 1.92. The molecule has 0 saturated heterocycles. The number of hydrogen-bond acceptors (Lipinski definition) is 3. The van der Waals surface area contributed by atoms with Gasteiger partial charge in [0.25, 0.3) is 0 Å².